The Morgan fingerprint density at radius 2 is 1.97 bits per heavy atom. The van der Waals surface area contributed by atoms with E-state index in [1.165, 1.54) is 42.4 Å². The third-order valence-corrected chi connectivity index (χ3v) is 7.38. The van der Waals surface area contributed by atoms with Crippen molar-refractivity contribution in [3.8, 4) is 0 Å². The van der Waals surface area contributed by atoms with Crippen LogP contribution >= 0.6 is 15.9 Å². The molecule has 0 aliphatic heterocycles. The zero-order valence-electron chi connectivity index (χ0n) is 18.6. The number of hydrogen-bond donors (Lipinski definition) is 0. The van der Waals surface area contributed by atoms with E-state index in [2.05, 4.69) is 20.7 Å². The highest BCUT2D eigenvalue weighted by Gasteiger charge is 2.45. The number of methoxy groups -OCH3 is 1. The molecule has 0 saturated heterocycles. The van der Waals surface area contributed by atoms with Crippen molar-refractivity contribution in [2.75, 3.05) is 12.0 Å². The van der Waals surface area contributed by atoms with Gasteiger partial charge in [-0.2, -0.15) is 0 Å². The van der Waals surface area contributed by atoms with Gasteiger partial charge in [-0.15, -0.1) is 0 Å². The van der Waals surface area contributed by atoms with Crippen molar-refractivity contribution in [2.24, 2.45) is 17.8 Å². The van der Waals surface area contributed by atoms with Crippen LogP contribution in [-0.2, 0) is 14.3 Å². The van der Waals surface area contributed by atoms with Gasteiger partial charge in [0.05, 0.1) is 7.11 Å². The Hall–Kier alpha value is -2.48. The topological polar surface area (TPSA) is 46.6 Å². The van der Waals surface area contributed by atoms with Crippen molar-refractivity contribution in [3.05, 3.63) is 69.7 Å². The molecule has 0 radical (unpaired) electrons. The van der Waals surface area contributed by atoms with Crippen LogP contribution in [0, 0.1) is 29.4 Å². The van der Waals surface area contributed by atoms with Gasteiger partial charge in [0.2, 0.25) is 5.91 Å². The van der Waals surface area contributed by atoms with Crippen LogP contribution in [-0.4, -0.2) is 26.8 Å². The lowest BCUT2D eigenvalue weighted by Crippen LogP contribution is -2.41. The molecule has 2 saturated carbocycles. The second-order valence-electron chi connectivity index (χ2n) is 8.93. The summed E-state index contributed by atoms with van der Waals surface area (Å²) in [5.41, 5.74) is 1.09. The van der Waals surface area contributed by atoms with Gasteiger partial charge in [-0.3, -0.25) is 4.79 Å². The maximum Gasteiger partial charge on any atom is 0.330 e. The number of carbonyl (C=O) groups is 2. The number of rotatable bonds is 6. The first-order chi connectivity index (χ1) is 15.8. The van der Waals surface area contributed by atoms with Gasteiger partial charge in [0.1, 0.15) is 19.5 Å². The minimum atomic E-state index is -0.649. The van der Waals surface area contributed by atoms with E-state index in [1.807, 2.05) is 0 Å². The molecule has 0 aromatic heterocycles. The fraction of sp³-hybridized carbons (Fsp3) is 0.360. The fourth-order valence-electron chi connectivity index (χ4n) is 5.31. The predicted octanol–water partition coefficient (Wildman–Crippen LogP) is 5.01. The first kappa shape index (κ1) is 23.7. The summed E-state index contributed by atoms with van der Waals surface area (Å²) in [6.45, 7) is 0. The highest BCUT2D eigenvalue weighted by Crippen LogP contribution is 2.49. The van der Waals surface area contributed by atoms with Gasteiger partial charge in [0, 0.05) is 33.7 Å². The number of carbonyl (C=O) groups excluding carboxylic acids is 2. The molecule has 4 rings (SSSR count). The van der Waals surface area contributed by atoms with Gasteiger partial charge in [0.15, 0.2) is 0 Å². The van der Waals surface area contributed by atoms with Gasteiger partial charge in [-0.05, 0) is 73.1 Å². The van der Waals surface area contributed by atoms with Crippen LogP contribution in [0.2, 0.25) is 0 Å². The van der Waals surface area contributed by atoms with Crippen LogP contribution in [0.3, 0.4) is 0 Å². The van der Waals surface area contributed by atoms with Crippen LogP contribution in [0.25, 0.3) is 6.08 Å². The molecule has 4 atom stereocenters. The van der Waals surface area contributed by atoms with E-state index < -0.39 is 23.5 Å². The summed E-state index contributed by atoms with van der Waals surface area (Å²) < 4.78 is 34.7. The summed E-state index contributed by atoms with van der Waals surface area (Å²) in [4.78, 5) is 26.9. The lowest BCUT2D eigenvalue weighted by molar-refractivity contribution is -0.134. The number of hydrogen-bond acceptors (Lipinski definition) is 3. The molecule has 172 valence electrons. The largest absolute Gasteiger partial charge is 0.466 e. The Labute approximate surface area is 201 Å². The van der Waals surface area contributed by atoms with Gasteiger partial charge in [0.25, 0.3) is 0 Å². The Morgan fingerprint density at radius 3 is 2.61 bits per heavy atom. The smallest absolute Gasteiger partial charge is 0.330 e. The summed E-state index contributed by atoms with van der Waals surface area (Å²) in [7, 11) is 3.01. The van der Waals surface area contributed by atoms with Crippen LogP contribution in [0.1, 0.15) is 42.8 Å². The molecule has 0 heterocycles. The molecule has 33 heavy (non-hydrogen) atoms. The normalized spacial score (nSPS) is 22.5. The van der Waals surface area contributed by atoms with Crippen LogP contribution in [0.4, 0.5) is 14.5 Å². The minimum absolute atomic E-state index is 0.106. The maximum atomic E-state index is 14.9. The molecule has 0 spiro atoms. The van der Waals surface area contributed by atoms with E-state index in [9.17, 15) is 18.4 Å². The quantitative estimate of drug-likeness (QED) is 0.308. The van der Waals surface area contributed by atoms with E-state index in [4.69, 9.17) is 0 Å². The van der Waals surface area contributed by atoms with E-state index in [0.29, 0.717) is 33.1 Å². The van der Waals surface area contributed by atoms with E-state index >= 15 is 0 Å². The molecule has 2 aromatic rings. The monoisotopic (exact) mass is 515 g/mol. The highest BCUT2D eigenvalue weighted by molar-refractivity contribution is 9.10. The molecule has 2 aliphatic rings. The van der Waals surface area contributed by atoms with Crippen molar-refractivity contribution >= 4 is 47.4 Å². The molecule has 2 fully saturated rings. The summed E-state index contributed by atoms with van der Waals surface area (Å²) in [6, 6.07) is 8.93. The number of halogens is 3. The first-order valence-electron chi connectivity index (χ1n) is 11.1. The second-order valence-corrected chi connectivity index (χ2v) is 9.85. The molecule has 4 nitrogen and oxygen atoms in total. The third kappa shape index (κ3) is 5.05. The fourth-order valence-corrected chi connectivity index (χ4v) is 5.64. The van der Waals surface area contributed by atoms with E-state index in [1.54, 1.807) is 26.0 Å². The lowest BCUT2D eigenvalue weighted by atomic mass is 9.82. The Morgan fingerprint density at radius 1 is 1.18 bits per heavy atom. The Kier molecular flexibility index (Phi) is 7.03. The standard InChI is InChI=1S/C25H25BBrF2NO3/c1-33-23(31)7-3-15-9-18(28)13-19(10-15)30(24(26)20-6-5-17(27)12-22(20)29)25(32)21-11-14-2-4-16(21)8-14/h3,5-7,9-10,12-14,16,21,24H,2,4,8,11,26H2,1H3/b7-3+. The van der Waals surface area contributed by atoms with Crippen molar-refractivity contribution in [1.29, 1.82) is 0 Å². The third-order valence-electron chi connectivity index (χ3n) is 6.89. The van der Waals surface area contributed by atoms with Gasteiger partial charge in [-0.1, -0.05) is 28.4 Å². The second kappa shape index (κ2) is 9.79. The maximum absolute atomic E-state index is 14.9. The zero-order chi connectivity index (χ0) is 23.7. The SMILES string of the molecule is BC(c1ccc(Br)cc1F)N(C(=O)C1CC2CCC1C2)c1cc(F)cc(/C=C/C(=O)OC)c1. The molecule has 2 aliphatic carbocycles. The highest BCUT2D eigenvalue weighted by atomic mass is 79.9. The number of fused-ring (bicyclic) bond motifs is 2. The van der Waals surface area contributed by atoms with Crippen LogP contribution in [0.5, 0.6) is 0 Å². The lowest BCUT2D eigenvalue weighted by Gasteiger charge is -2.35. The number of ether oxygens (including phenoxy) is 1. The average molecular weight is 516 g/mol. The number of amides is 1. The van der Waals surface area contributed by atoms with Gasteiger partial charge < -0.3 is 9.64 Å². The Balaban J connectivity index is 1.75. The van der Waals surface area contributed by atoms with Crippen LogP contribution in [0.15, 0.2) is 46.9 Å². The van der Waals surface area contributed by atoms with Crippen molar-refractivity contribution in [3.63, 3.8) is 0 Å². The summed E-state index contributed by atoms with van der Waals surface area (Å²) >= 11 is 3.27. The number of benzene rings is 2. The van der Waals surface area contributed by atoms with Crippen molar-refractivity contribution < 1.29 is 23.1 Å². The number of anilines is 1. The first-order valence-corrected chi connectivity index (χ1v) is 11.9. The number of esters is 1. The average Bonchev–Trinajstić information content (AvgIpc) is 3.41. The van der Waals surface area contributed by atoms with Crippen molar-refractivity contribution in [2.45, 2.75) is 31.6 Å². The summed E-state index contributed by atoms with van der Waals surface area (Å²) in [6.07, 6.45) is 6.66. The molecular formula is C25H25BBrF2NO3. The zero-order valence-corrected chi connectivity index (χ0v) is 20.1. The predicted molar refractivity (Wildman–Crippen MR) is 129 cm³/mol. The molecule has 1 amide bonds. The Bertz CT molecular complexity index is 1110. The van der Waals surface area contributed by atoms with E-state index in [-0.39, 0.29) is 11.8 Å². The molecular weight excluding hydrogens is 491 g/mol. The molecule has 0 N–H and O–H groups in total. The minimum Gasteiger partial charge on any atom is -0.466 e. The molecule has 2 aromatic carbocycles. The van der Waals surface area contributed by atoms with E-state index in [0.717, 1.165) is 25.7 Å². The van der Waals surface area contributed by atoms with Gasteiger partial charge in [-0.25, -0.2) is 13.6 Å². The molecule has 4 unspecified atom stereocenters. The summed E-state index contributed by atoms with van der Waals surface area (Å²) in [5, 5.41) is 0. The van der Waals surface area contributed by atoms with Gasteiger partial charge >= 0.3 is 5.97 Å². The summed E-state index contributed by atoms with van der Waals surface area (Å²) in [5.74, 6) is -1.59. The number of nitrogens with zero attached hydrogens (tertiary/aromatic N) is 1. The molecule has 2 bridgehead atoms. The van der Waals surface area contributed by atoms with Crippen LogP contribution < -0.4 is 4.90 Å². The van der Waals surface area contributed by atoms with Crippen molar-refractivity contribution in [1.82, 2.24) is 0 Å². The molecule has 8 heteroatoms.